The average molecular weight is 281 g/mol. The number of halogens is 1. The van der Waals surface area contributed by atoms with Gasteiger partial charge in [-0.2, -0.15) is 0 Å². The van der Waals surface area contributed by atoms with Crippen LogP contribution in [0.15, 0.2) is 39.6 Å². The van der Waals surface area contributed by atoms with Crippen molar-refractivity contribution in [1.29, 1.82) is 0 Å². The van der Waals surface area contributed by atoms with Crippen LogP contribution in [0.25, 0.3) is 5.69 Å². The second-order valence-electron chi connectivity index (χ2n) is 4.02. The Labute approximate surface area is 102 Å². The van der Waals surface area contributed by atoms with Crippen molar-refractivity contribution in [3.05, 3.63) is 50.9 Å². The first-order chi connectivity index (χ1) is 7.58. The number of aromatic nitrogens is 2. The predicted molar refractivity (Wildman–Crippen MR) is 68.2 cm³/mol. The van der Waals surface area contributed by atoms with E-state index in [-0.39, 0.29) is 5.56 Å². The largest absolute Gasteiger partial charge is 0.268 e. The molecule has 0 saturated carbocycles. The first-order valence-electron chi connectivity index (χ1n) is 5.16. The normalized spacial score (nSPS) is 11.0. The number of benzene rings is 1. The lowest BCUT2D eigenvalue weighted by Gasteiger charge is -2.10. The Bertz CT molecular complexity index is 554. The van der Waals surface area contributed by atoms with Crippen LogP contribution in [-0.4, -0.2) is 9.78 Å². The van der Waals surface area contributed by atoms with Crippen molar-refractivity contribution in [2.75, 3.05) is 0 Å². The molecule has 1 heterocycles. The van der Waals surface area contributed by atoms with Gasteiger partial charge in [0.05, 0.1) is 5.69 Å². The van der Waals surface area contributed by atoms with Gasteiger partial charge in [-0.25, -0.2) is 0 Å². The second kappa shape index (κ2) is 4.29. The van der Waals surface area contributed by atoms with Gasteiger partial charge in [-0.05, 0) is 24.1 Å². The second-order valence-corrected chi connectivity index (χ2v) is 4.93. The van der Waals surface area contributed by atoms with Crippen molar-refractivity contribution >= 4 is 15.9 Å². The topological polar surface area (TPSA) is 37.8 Å². The fraction of sp³-hybridized carbons (Fsp3) is 0.250. The minimum Gasteiger partial charge on any atom is -0.268 e. The molecule has 1 N–H and O–H groups in total. The smallest absolute Gasteiger partial charge is 0.264 e. The third-order valence-corrected chi connectivity index (χ3v) is 2.91. The standard InChI is InChI=1S/C12H13BrN2O/c1-8(2)11-7-12(16)14-15(11)10-5-3-4-9(13)6-10/h3-8H,1-2H3,(H,14,16). The van der Waals surface area contributed by atoms with Crippen molar-refractivity contribution in [2.24, 2.45) is 0 Å². The number of hydrogen-bond donors (Lipinski definition) is 1. The van der Waals surface area contributed by atoms with Gasteiger partial charge in [0.25, 0.3) is 5.56 Å². The van der Waals surface area contributed by atoms with Crippen molar-refractivity contribution in [1.82, 2.24) is 9.78 Å². The predicted octanol–water partition coefficient (Wildman–Crippen LogP) is 3.05. The van der Waals surface area contributed by atoms with Crippen LogP contribution in [0, 0.1) is 0 Å². The van der Waals surface area contributed by atoms with Crippen LogP contribution in [0.1, 0.15) is 25.5 Å². The molecule has 0 aliphatic heterocycles. The molecular formula is C12H13BrN2O. The van der Waals surface area contributed by atoms with Crippen molar-refractivity contribution in [3.8, 4) is 5.69 Å². The maximum absolute atomic E-state index is 11.4. The SMILES string of the molecule is CC(C)c1cc(=O)[nH]n1-c1cccc(Br)c1. The Balaban J connectivity index is 2.59. The first kappa shape index (κ1) is 11.2. The van der Waals surface area contributed by atoms with E-state index in [9.17, 15) is 4.79 Å². The van der Waals surface area contributed by atoms with Gasteiger partial charge in [0, 0.05) is 16.2 Å². The number of hydrogen-bond acceptors (Lipinski definition) is 1. The maximum atomic E-state index is 11.4. The Morgan fingerprint density at radius 3 is 2.69 bits per heavy atom. The van der Waals surface area contributed by atoms with Crippen LogP contribution < -0.4 is 5.56 Å². The van der Waals surface area contributed by atoms with Gasteiger partial charge in [0.15, 0.2) is 0 Å². The monoisotopic (exact) mass is 280 g/mol. The highest BCUT2D eigenvalue weighted by atomic mass is 79.9. The van der Waals surface area contributed by atoms with Gasteiger partial charge in [-0.1, -0.05) is 35.8 Å². The molecule has 2 aromatic rings. The van der Waals surface area contributed by atoms with E-state index >= 15 is 0 Å². The third-order valence-electron chi connectivity index (χ3n) is 2.42. The number of rotatable bonds is 2. The quantitative estimate of drug-likeness (QED) is 0.902. The Kier molecular flexibility index (Phi) is 3.01. The number of H-pyrrole nitrogens is 1. The summed E-state index contributed by atoms with van der Waals surface area (Å²) in [6.45, 7) is 4.13. The van der Waals surface area contributed by atoms with Gasteiger partial charge < -0.3 is 0 Å². The maximum Gasteiger partial charge on any atom is 0.264 e. The van der Waals surface area contributed by atoms with Crippen LogP contribution in [0.2, 0.25) is 0 Å². The van der Waals surface area contributed by atoms with Gasteiger partial charge in [0.2, 0.25) is 0 Å². The van der Waals surface area contributed by atoms with Crippen molar-refractivity contribution < 1.29 is 0 Å². The summed E-state index contributed by atoms with van der Waals surface area (Å²) in [6, 6.07) is 9.49. The van der Waals surface area contributed by atoms with E-state index in [1.165, 1.54) is 0 Å². The van der Waals surface area contributed by atoms with Gasteiger partial charge in [0.1, 0.15) is 0 Å². The molecule has 84 valence electrons. The molecule has 0 amide bonds. The minimum atomic E-state index is -0.0660. The molecule has 0 radical (unpaired) electrons. The molecular weight excluding hydrogens is 268 g/mol. The van der Waals surface area contributed by atoms with E-state index in [0.717, 1.165) is 15.9 Å². The summed E-state index contributed by atoms with van der Waals surface area (Å²) in [7, 11) is 0. The zero-order valence-corrected chi connectivity index (χ0v) is 10.8. The molecule has 0 spiro atoms. The molecule has 0 bridgehead atoms. The lowest BCUT2D eigenvalue weighted by molar-refractivity contribution is 0.731. The van der Waals surface area contributed by atoms with Crippen LogP contribution in [0.5, 0.6) is 0 Å². The van der Waals surface area contributed by atoms with Gasteiger partial charge in [-0.3, -0.25) is 14.6 Å². The lowest BCUT2D eigenvalue weighted by atomic mass is 10.1. The zero-order valence-electron chi connectivity index (χ0n) is 9.20. The van der Waals surface area contributed by atoms with E-state index in [1.54, 1.807) is 6.07 Å². The molecule has 0 unspecified atom stereocenters. The summed E-state index contributed by atoms with van der Waals surface area (Å²) < 4.78 is 2.83. The molecule has 0 atom stereocenters. The summed E-state index contributed by atoms with van der Waals surface area (Å²) in [5, 5.41) is 2.81. The van der Waals surface area contributed by atoms with Crippen molar-refractivity contribution in [2.45, 2.75) is 19.8 Å². The van der Waals surface area contributed by atoms with Crippen molar-refractivity contribution in [3.63, 3.8) is 0 Å². The summed E-state index contributed by atoms with van der Waals surface area (Å²) >= 11 is 3.42. The number of aromatic amines is 1. The Morgan fingerprint density at radius 1 is 1.31 bits per heavy atom. The molecule has 0 saturated heterocycles. The summed E-state index contributed by atoms with van der Waals surface area (Å²) in [5.41, 5.74) is 1.88. The fourth-order valence-corrected chi connectivity index (χ4v) is 2.05. The summed E-state index contributed by atoms with van der Waals surface area (Å²) in [4.78, 5) is 11.4. The first-order valence-corrected chi connectivity index (χ1v) is 5.95. The molecule has 4 heteroatoms. The average Bonchev–Trinajstić information content (AvgIpc) is 2.60. The lowest BCUT2D eigenvalue weighted by Crippen LogP contribution is -2.06. The highest BCUT2D eigenvalue weighted by Crippen LogP contribution is 2.19. The van der Waals surface area contributed by atoms with Crippen LogP contribution in [-0.2, 0) is 0 Å². The summed E-state index contributed by atoms with van der Waals surface area (Å²) in [6.07, 6.45) is 0. The fourth-order valence-electron chi connectivity index (χ4n) is 1.66. The molecule has 0 aliphatic rings. The molecule has 0 aliphatic carbocycles. The number of nitrogens with one attached hydrogen (secondary N) is 1. The van der Waals surface area contributed by atoms with E-state index in [1.807, 2.05) is 28.9 Å². The molecule has 16 heavy (non-hydrogen) atoms. The molecule has 0 fully saturated rings. The van der Waals surface area contributed by atoms with E-state index in [2.05, 4.69) is 34.9 Å². The van der Waals surface area contributed by atoms with E-state index in [4.69, 9.17) is 0 Å². The van der Waals surface area contributed by atoms with Gasteiger partial charge >= 0.3 is 0 Å². The Hall–Kier alpha value is -1.29. The minimum absolute atomic E-state index is 0.0660. The molecule has 1 aromatic carbocycles. The highest BCUT2D eigenvalue weighted by molar-refractivity contribution is 9.10. The van der Waals surface area contributed by atoms with Gasteiger partial charge in [-0.15, -0.1) is 0 Å². The Morgan fingerprint density at radius 2 is 2.06 bits per heavy atom. The summed E-state index contributed by atoms with van der Waals surface area (Å²) in [5.74, 6) is 0.304. The van der Waals surface area contributed by atoms with Crippen LogP contribution in [0.4, 0.5) is 0 Å². The molecule has 3 nitrogen and oxygen atoms in total. The third kappa shape index (κ3) is 2.11. The highest BCUT2D eigenvalue weighted by Gasteiger charge is 2.09. The zero-order chi connectivity index (χ0) is 11.7. The molecule has 2 rings (SSSR count). The number of nitrogens with zero attached hydrogens (tertiary/aromatic N) is 1. The van der Waals surface area contributed by atoms with E-state index < -0.39 is 0 Å². The molecule has 1 aromatic heterocycles. The van der Waals surface area contributed by atoms with Crippen LogP contribution in [0.3, 0.4) is 0 Å². The van der Waals surface area contributed by atoms with Crippen LogP contribution >= 0.6 is 15.9 Å². The van der Waals surface area contributed by atoms with E-state index in [0.29, 0.717) is 5.92 Å².